The monoisotopic (exact) mass is 142 g/mol. The van der Waals surface area contributed by atoms with Gasteiger partial charge in [0, 0.05) is 12.4 Å². The van der Waals surface area contributed by atoms with Crippen molar-refractivity contribution in [2.75, 3.05) is 13.3 Å². The zero-order valence-electron chi connectivity index (χ0n) is 5.33. The molecular formula is C6H7FN2O. The third-order valence-electron chi connectivity index (χ3n) is 0.850. The van der Waals surface area contributed by atoms with Crippen LogP contribution in [0.4, 0.5) is 4.39 Å². The third-order valence-corrected chi connectivity index (χ3v) is 0.850. The van der Waals surface area contributed by atoms with Gasteiger partial charge in [0.2, 0.25) is 0 Å². The Bertz CT molecular complexity index is 180. The SMILES string of the molecule is FCCOc1ncccn1. The molecule has 1 aromatic heterocycles. The van der Waals surface area contributed by atoms with Gasteiger partial charge in [-0.3, -0.25) is 0 Å². The lowest BCUT2D eigenvalue weighted by atomic mass is 10.7. The van der Waals surface area contributed by atoms with Gasteiger partial charge in [-0.2, -0.15) is 0 Å². The van der Waals surface area contributed by atoms with E-state index in [1.54, 1.807) is 18.5 Å². The zero-order valence-corrected chi connectivity index (χ0v) is 5.33. The molecule has 0 radical (unpaired) electrons. The minimum atomic E-state index is -0.516. The molecule has 54 valence electrons. The topological polar surface area (TPSA) is 35.0 Å². The molecule has 0 saturated carbocycles. The van der Waals surface area contributed by atoms with Crippen LogP contribution in [0.25, 0.3) is 0 Å². The highest BCUT2D eigenvalue weighted by molar-refractivity contribution is 4.92. The third kappa shape index (κ3) is 1.97. The van der Waals surface area contributed by atoms with Gasteiger partial charge >= 0.3 is 6.01 Å². The summed E-state index contributed by atoms with van der Waals surface area (Å²) in [4.78, 5) is 7.43. The summed E-state index contributed by atoms with van der Waals surface area (Å²) in [6.07, 6.45) is 3.08. The first-order valence-corrected chi connectivity index (χ1v) is 2.89. The van der Waals surface area contributed by atoms with Crippen molar-refractivity contribution in [2.45, 2.75) is 0 Å². The van der Waals surface area contributed by atoms with Crippen LogP contribution in [0.2, 0.25) is 0 Å². The molecule has 0 bridgehead atoms. The Morgan fingerprint density at radius 2 is 2.10 bits per heavy atom. The van der Waals surface area contributed by atoms with E-state index in [-0.39, 0.29) is 12.6 Å². The minimum absolute atomic E-state index is 0.0179. The van der Waals surface area contributed by atoms with Crippen molar-refractivity contribution in [1.29, 1.82) is 0 Å². The average Bonchev–Trinajstić information content (AvgIpc) is 2.03. The van der Waals surface area contributed by atoms with Crippen molar-refractivity contribution in [3.63, 3.8) is 0 Å². The van der Waals surface area contributed by atoms with Crippen molar-refractivity contribution in [3.8, 4) is 6.01 Å². The summed E-state index contributed by atoms with van der Waals surface area (Å²) in [6, 6.07) is 1.89. The molecule has 0 N–H and O–H groups in total. The fourth-order valence-corrected chi connectivity index (χ4v) is 0.490. The Kier molecular flexibility index (Phi) is 2.61. The van der Waals surface area contributed by atoms with E-state index >= 15 is 0 Å². The van der Waals surface area contributed by atoms with Crippen molar-refractivity contribution < 1.29 is 9.13 Å². The summed E-state index contributed by atoms with van der Waals surface area (Å²) in [6.45, 7) is -0.498. The standard InChI is InChI=1S/C6H7FN2O/c7-2-5-10-6-8-3-1-4-9-6/h1,3-4H,2,5H2. The van der Waals surface area contributed by atoms with Gasteiger partial charge in [-0.1, -0.05) is 0 Å². The predicted molar refractivity (Wildman–Crippen MR) is 33.5 cm³/mol. The zero-order chi connectivity index (χ0) is 7.23. The Morgan fingerprint density at radius 3 is 2.70 bits per heavy atom. The van der Waals surface area contributed by atoms with Gasteiger partial charge in [0.15, 0.2) is 0 Å². The molecule has 0 aliphatic heterocycles. The van der Waals surface area contributed by atoms with Crippen LogP contribution in [-0.4, -0.2) is 23.2 Å². The van der Waals surface area contributed by atoms with Crippen molar-refractivity contribution in [1.82, 2.24) is 9.97 Å². The smallest absolute Gasteiger partial charge is 0.316 e. The number of rotatable bonds is 3. The van der Waals surface area contributed by atoms with Gasteiger partial charge in [0.05, 0.1) is 0 Å². The highest BCUT2D eigenvalue weighted by Crippen LogP contribution is 1.95. The van der Waals surface area contributed by atoms with E-state index in [1.807, 2.05) is 0 Å². The maximum Gasteiger partial charge on any atom is 0.316 e. The lowest BCUT2D eigenvalue weighted by Crippen LogP contribution is -2.01. The second-order valence-corrected chi connectivity index (χ2v) is 1.57. The fraction of sp³-hybridized carbons (Fsp3) is 0.333. The minimum Gasteiger partial charge on any atom is -0.461 e. The van der Waals surface area contributed by atoms with Crippen molar-refractivity contribution in [2.24, 2.45) is 0 Å². The number of hydrogen-bond donors (Lipinski definition) is 0. The molecule has 3 nitrogen and oxygen atoms in total. The van der Waals surface area contributed by atoms with Crippen LogP contribution in [0.3, 0.4) is 0 Å². The van der Waals surface area contributed by atoms with Gasteiger partial charge in [-0.25, -0.2) is 14.4 Å². The van der Waals surface area contributed by atoms with Crippen LogP contribution in [0.15, 0.2) is 18.5 Å². The number of ether oxygens (including phenoxy) is 1. The van der Waals surface area contributed by atoms with Gasteiger partial charge in [-0.05, 0) is 6.07 Å². The molecule has 0 amide bonds. The molecule has 1 aromatic rings. The highest BCUT2D eigenvalue weighted by atomic mass is 19.1. The van der Waals surface area contributed by atoms with Crippen molar-refractivity contribution in [3.05, 3.63) is 18.5 Å². The van der Waals surface area contributed by atoms with Gasteiger partial charge in [0.1, 0.15) is 13.3 Å². The number of hydrogen-bond acceptors (Lipinski definition) is 3. The first-order chi connectivity index (χ1) is 4.93. The van der Waals surface area contributed by atoms with Crippen LogP contribution in [0.1, 0.15) is 0 Å². The van der Waals surface area contributed by atoms with E-state index in [9.17, 15) is 4.39 Å². The quantitative estimate of drug-likeness (QED) is 0.626. The predicted octanol–water partition coefficient (Wildman–Crippen LogP) is 0.825. The van der Waals surface area contributed by atoms with Crippen molar-refractivity contribution >= 4 is 0 Å². The maximum atomic E-state index is 11.5. The molecule has 0 unspecified atom stereocenters. The largest absolute Gasteiger partial charge is 0.461 e. The van der Waals surface area contributed by atoms with E-state index in [0.717, 1.165) is 0 Å². The summed E-state index contributed by atoms with van der Waals surface area (Å²) in [5.74, 6) is 0. The highest BCUT2D eigenvalue weighted by Gasteiger charge is 1.91. The number of halogens is 1. The summed E-state index contributed by atoms with van der Waals surface area (Å²) >= 11 is 0. The number of nitrogens with zero attached hydrogens (tertiary/aromatic N) is 2. The van der Waals surface area contributed by atoms with E-state index in [2.05, 4.69) is 9.97 Å². The molecular weight excluding hydrogens is 135 g/mol. The fourth-order valence-electron chi connectivity index (χ4n) is 0.490. The van der Waals surface area contributed by atoms with Crippen LogP contribution in [-0.2, 0) is 0 Å². The Morgan fingerprint density at radius 1 is 1.40 bits per heavy atom. The summed E-state index contributed by atoms with van der Waals surface area (Å²) in [5.41, 5.74) is 0. The number of alkyl halides is 1. The Hall–Kier alpha value is -1.19. The molecule has 0 atom stereocenters. The lowest BCUT2D eigenvalue weighted by molar-refractivity contribution is 0.255. The molecule has 0 fully saturated rings. The van der Waals surface area contributed by atoms with Crippen LogP contribution < -0.4 is 4.74 Å². The second kappa shape index (κ2) is 3.76. The van der Waals surface area contributed by atoms with E-state index < -0.39 is 6.67 Å². The normalized spacial score (nSPS) is 9.30. The van der Waals surface area contributed by atoms with E-state index in [1.165, 1.54) is 0 Å². The van der Waals surface area contributed by atoms with Crippen LogP contribution >= 0.6 is 0 Å². The van der Waals surface area contributed by atoms with Gasteiger partial charge in [-0.15, -0.1) is 0 Å². The molecule has 0 aliphatic rings. The molecule has 0 aliphatic carbocycles. The van der Waals surface area contributed by atoms with Crippen LogP contribution in [0.5, 0.6) is 6.01 Å². The molecule has 0 spiro atoms. The molecule has 0 aromatic carbocycles. The van der Waals surface area contributed by atoms with Gasteiger partial charge in [0.25, 0.3) is 0 Å². The molecule has 4 heteroatoms. The van der Waals surface area contributed by atoms with E-state index in [4.69, 9.17) is 4.74 Å². The molecule has 1 rings (SSSR count). The first-order valence-electron chi connectivity index (χ1n) is 2.89. The van der Waals surface area contributed by atoms with Crippen LogP contribution in [0, 0.1) is 0 Å². The van der Waals surface area contributed by atoms with E-state index in [0.29, 0.717) is 0 Å². The summed E-state index contributed by atoms with van der Waals surface area (Å²) < 4.78 is 16.3. The Balaban J connectivity index is 2.43. The molecule has 10 heavy (non-hydrogen) atoms. The average molecular weight is 142 g/mol. The van der Waals surface area contributed by atoms with Gasteiger partial charge < -0.3 is 4.74 Å². The summed E-state index contributed by atoms with van der Waals surface area (Å²) in [5, 5.41) is 0. The lowest BCUT2D eigenvalue weighted by Gasteiger charge is -1.97. The Labute approximate surface area is 57.9 Å². The summed E-state index contributed by atoms with van der Waals surface area (Å²) in [7, 11) is 0. The first kappa shape index (κ1) is 6.92. The molecule has 0 saturated heterocycles. The number of aromatic nitrogens is 2. The second-order valence-electron chi connectivity index (χ2n) is 1.57. The maximum absolute atomic E-state index is 11.5. The molecule has 1 heterocycles.